The summed E-state index contributed by atoms with van der Waals surface area (Å²) in [6.07, 6.45) is 2.99. The molecule has 4 aromatic rings. The molecule has 1 aromatic heterocycles. The van der Waals surface area contributed by atoms with Gasteiger partial charge in [-0.05, 0) is 74.5 Å². The molecule has 0 radical (unpaired) electrons. The van der Waals surface area contributed by atoms with E-state index in [1.54, 1.807) is 0 Å². The molecule has 1 amide bonds. The second-order valence-electron chi connectivity index (χ2n) is 9.15. The highest BCUT2D eigenvalue weighted by Gasteiger charge is 2.14. The third kappa shape index (κ3) is 4.82. The SMILES string of the molecule is CN(C)c1ccc(Nc2c3ccccc3nc3cc(NC(=O)CCN4CCCC4)ccc23)cc1. The topological polar surface area (TPSA) is 60.5 Å². The Kier molecular flexibility index (Phi) is 6.32. The van der Waals surface area contributed by atoms with Crippen molar-refractivity contribution < 1.29 is 4.79 Å². The number of anilines is 4. The van der Waals surface area contributed by atoms with E-state index in [1.807, 2.05) is 50.5 Å². The highest BCUT2D eigenvalue weighted by molar-refractivity contribution is 6.09. The molecule has 0 spiro atoms. The Bertz CT molecular complexity index is 1310. The summed E-state index contributed by atoms with van der Waals surface area (Å²) in [4.78, 5) is 21.9. The first-order chi connectivity index (χ1) is 16.6. The van der Waals surface area contributed by atoms with E-state index in [-0.39, 0.29) is 5.91 Å². The van der Waals surface area contributed by atoms with Gasteiger partial charge in [0.1, 0.15) is 0 Å². The molecule has 1 saturated heterocycles. The van der Waals surface area contributed by atoms with Crippen LogP contribution in [0.3, 0.4) is 0 Å². The van der Waals surface area contributed by atoms with Crippen molar-refractivity contribution in [2.75, 3.05) is 49.3 Å². The van der Waals surface area contributed by atoms with E-state index in [9.17, 15) is 4.79 Å². The molecule has 6 heteroatoms. The van der Waals surface area contributed by atoms with E-state index < -0.39 is 0 Å². The number of fused-ring (bicyclic) bond motifs is 2. The molecule has 34 heavy (non-hydrogen) atoms. The van der Waals surface area contributed by atoms with Gasteiger partial charge in [0.2, 0.25) is 5.91 Å². The zero-order chi connectivity index (χ0) is 23.5. The van der Waals surface area contributed by atoms with Crippen molar-refractivity contribution in [1.29, 1.82) is 0 Å². The predicted octanol–water partition coefficient (Wildman–Crippen LogP) is 5.62. The van der Waals surface area contributed by atoms with E-state index >= 15 is 0 Å². The first-order valence-electron chi connectivity index (χ1n) is 12.0. The molecule has 0 bridgehead atoms. The van der Waals surface area contributed by atoms with Crippen LogP contribution in [0.4, 0.5) is 22.7 Å². The van der Waals surface area contributed by atoms with Crippen LogP contribution in [0.1, 0.15) is 19.3 Å². The molecule has 0 aliphatic carbocycles. The molecule has 174 valence electrons. The number of hydrogen-bond donors (Lipinski definition) is 2. The van der Waals surface area contributed by atoms with Crippen LogP contribution < -0.4 is 15.5 Å². The van der Waals surface area contributed by atoms with E-state index in [0.29, 0.717) is 6.42 Å². The van der Waals surface area contributed by atoms with Crippen molar-refractivity contribution in [3.05, 3.63) is 66.7 Å². The van der Waals surface area contributed by atoms with Gasteiger partial charge in [0, 0.05) is 54.9 Å². The normalized spacial score (nSPS) is 13.9. The zero-order valence-corrected chi connectivity index (χ0v) is 19.8. The Balaban J connectivity index is 1.43. The fourth-order valence-electron chi connectivity index (χ4n) is 4.58. The number of benzene rings is 3. The van der Waals surface area contributed by atoms with Gasteiger partial charge in [-0.25, -0.2) is 4.98 Å². The molecule has 0 atom stereocenters. The van der Waals surface area contributed by atoms with Crippen LogP contribution in [0, 0.1) is 0 Å². The minimum atomic E-state index is 0.0476. The summed E-state index contributed by atoms with van der Waals surface area (Å²) in [5, 5.41) is 8.76. The molecule has 6 nitrogen and oxygen atoms in total. The second-order valence-corrected chi connectivity index (χ2v) is 9.15. The maximum atomic E-state index is 12.5. The smallest absolute Gasteiger partial charge is 0.225 e. The number of carbonyl (C=O) groups is 1. The summed E-state index contributed by atoms with van der Waals surface area (Å²) in [6.45, 7) is 3.03. The monoisotopic (exact) mass is 453 g/mol. The standard InChI is InChI=1S/C28H31N5O/c1-32(2)22-12-9-20(10-13-22)30-28-23-7-3-4-8-25(23)31-26-19-21(11-14-24(26)28)29-27(34)15-18-33-16-5-6-17-33/h3-4,7-14,19H,5-6,15-18H2,1-2H3,(H,29,34)(H,30,31). The van der Waals surface area contributed by atoms with Gasteiger partial charge < -0.3 is 20.4 Å². The number of rotatable bonds is 7. The van der Waals surface area contributed by atoms with Crippen LogP contribution >= 0.6 is 0 Å². The number of nitrogens with one attached hydrogen (secondary N) is 2. The van der Waals surface area contributed by atoms with Crippen molar-refractivity contribution in [2.45, 2.75) is 19.3 Å². The molecule has 1 aliphatic rings. The van der Waals surface area contributed by atoms with Gasteiger partial charge in [-0.15, -0.1) is 0 Å². The molecule has 1 aliphatic heterocycles. The number of aromatic nitrogens is 1. The summed E-state index contributed by atoms with van der Waals surface area (Å²) in [5.74, 6) is 0.0476. The summed E-state index contributed by atoms with van der Waals surface area (Å²) < 4.78 is 0. The number of nitrogens with zero attached hydrogens (tertiary/aromatic N) is 3. The van der Waals surface area contributed by atoms with Gasteiger partial charge in [0.05, 0.1) is 16.7 Å². The van der Waals surface area contributed by atoms with Crippen molar-refractivity contribution in [2.24, 2.45) is 0 Å². The number of likely N-dealkylation sites (tertiary alicyclic amines) is 1. The number of para-hydroxylation sites is 1. The summed E-state index contributed by atoms with van der Waals surface area (Å²) in [6, 6.07) is 22.5. The summed E-state index contributed by atoms with van der Waals surface area (Å²) in [5.41, 5.74) is 5.74. The van der Waals surface area contributed by atoms with Crippen molar-refractivity contribution in [3.8, 4) is 0 Å². The fraction of sp³-hybridized carbons (Fsp3) is 0.286. The van der Waals surface area contributed by atoms with E-state index in [0.717, 1.165) is 64.2 Å². The Labute approximate surface area is 200 Å². The van der Waals surface area contributed by atoms with Gasteiger partial charge in [-0.2, -0.15) is 0 Å². The molecule has 2 N–H and O–H groups in total. The molecule has 2 heterocycles. The first kappa shape index (κ1) is 22.2. The molecular formula is C28H31N5O. The number of pyridine rings is 1. The Morgan fingerprint density at radius 3 is 2.38 bits per heavy atom. The highest BCUT2D eigenvalue weighted by Crippen LogP contribution is 2.34. The number of carbonyl (C=O) groups excluding carboxylic acids is 1. The van der Waals surface area contributed by atoms with Crippen molar-refractivity contribution >= 4 is 50.5 Å². The van der Waals surface area contributed by atoms with Crippen LogP contribution in [-0.4, -0.2) is 49.5 Å². The van der Waals surface area contributed by atoms with Gasteiger partial charge in [0.25, 0.3) is 0 Å². The third-order valence-electron chi connectivity index (χ3n) is 6.47. The zero-order valence-electron chi connectivity index (χ0n) is 19.8. The van der Waals surface area contributed by atoms with Gasteiger partial charge in [-0.3, -0.25) is 4.79 Å². The van der Waals surface area contributed by atoms with Gasteiger partial charge in [0.15, 0.2) is 0 Å². The van der Waals surface area contributed by atoms with Crippen LogP contribution in [-0.2, 0) is 4.79 Å². The first-order valence-corrected chi connectivity index (χ1v) is 12.0. The average molecular weight is 454 g/mol. The number of amides is 1. The fourth-order valence-corrected chi connectivity index (χ4v) is 4.58. The van der Waals surface area contributed by atoms with Crippen LogP contribution in [0.15, 0.2) is 66.7 Å². The van der Waals surface area contributed by atoms with Gasteiger partial charge in [-0.1, -0.05) is 18.2 Å². The lowest BCUT2D eigenvalue weighted by Crippen LogP contribution is -2.25. The molecule has 0 saturated carbocycles. The highest BCUT2D eigenvalue weighted by atomic mass is 16.1. The van der Waals surface area contributed by atoms with E-state index in [2.05, 4.69) is 50.8 Å². The molecule has 5 rings (SSSR count). The maximum Gasteiger partial charge on any atom is 0.225 e. The molecule has 0 unspecified atom stereocenters. The Morgan fingerprint density at radius 2 is 1.62 bits per heavy atom. The second kappa shape index (κ2) is 9.69. The largest absolute Gasteiger partial charge is 0.378 e. The Morgan fingerprint density at radius 1 is 0.912 bits per heavy atom. The van der Waals surface area contributed by atoms with E-state index in [4.69, 9.17) is 4.98 Å². The molecule has 1 fully saturated rings. The lowest BCUT2D eigenvalue weighted by atomic mass is 10.1. The van der Waals surface area contributed by atoms with Crippen LogP contribution in [0.2, 0.25) is 0 Å². The summed E-state index contributed by atoms with van der Waals surface area (Å²) >= 11 is 0. The Hall–Kier alpha value is -3.64. The van der Waals surface area contributed by atoms with Crippen LogP contribution in [0.5, 0.6) is 0 Å². The van der Waals surface area contributed by atoms with Crippen molar-refractivity contribution in [1.82, 2.24) is 9.88 Å². The predicted molar refractivity (Wildman–Crippen MR) is 142 cm³/mol. The third-order valence-corrected chi connectivity index (χ3v) is 6.47. The van der Waals surface area contributed by atoms with Gasteiger partial charge >= 0.3 is 0 Å². The maximum absolute atomic E-state index is 12.5. The van der Waals surface area contributed by atoms with Crippen molar-refractivity contribution in [3.63, 3.8) is 0 Å². The summed E-state index contributed by atoms with van der Waals surface area (Å²) in [7, 11) is 4.07. The average Bonchev–Trinajstić information content (AvgIpc) is 3.37. The minimum Gasteiger partial charge on any atom is -0.378 e. The minimum absolute atomic E-state index is 0.0476. The molecule has 3 aromatic carbocycles. The lowest BCUT2D eigenvalue weighted by Gasteiger charge is -2.16. The quantitative estimate of drug-likeness (QED) is 0.356. The lowest BCUT2D eigenvalue weighted by molar-refractivity contribution is -0.116. The van der Waals surface area contributed by atoms with E-state index in [1.165, 1.54) is 12.8 Å². The molecular weight excluding hydrogens is 422 g/mol. The number of hydrogen-bond acceptors (Lipinski definition) is 5. The van der Waals surface area contributed by atoms with Crippen LogP contribution in [0.25, 0.3) is 21.8 Å².